The first-order chi connectivity index (χ1) is 10.6. The van der Waals surface area contributed by atoms with E-state index in [1.54, 1.807) is 29.3 Å². The molecule has 1 heterocycles. The summed E-state index contributed by atoms with van der Waals surface area (Å²) in [6.45, 7) is 0.421. The minimum atomic E-state index is -0.443. The molecular weight excluding hydrogens is 327 g/mol. The van der Waals surface area contributed by atoms with Crippen LogP contribution in [0.1, 0.15) is 11.6 Å². The topological polar surface area (TPSA) is 71.1 Å². The van der Waals surface area contributed by atoms with Crippen molar-refractivity contribution in [1.29, 1.82) is 0 Å². The third kappa shape index (κ3) is 2.75. The number of halogens is 2. The van der Waals surface area contributed by atoms with Crippen LogP contribution >= 0.6 is 23.2 Å². The molecule has 0 aliphatic carbocycles. The van der Waals surface area contributed by atoms with E-state index in [2.05, 4.69) is 10.3 Å². The Morgan fingerprint density at radius 2 is 2.05 bits per heavy atom. The number of hydrogen-bond donors (Lipinski definition) is 0. The molecule has 8 heteroatoms. The molecule has 3 rings (SSSR count). The molecule has 22 heavy (non-hydrogen) atoms. The van der Waals surface area contributed by atoms with Crippen LogP contribution in [0.5, 0.6) is 0 Å². The molecule has 0 fully saturated rings. The summed E-state index contributed by atoms with van der Waals surface area (Å²) in [5.41, 5.74) is 1.41. The molecular formula is C14H10Cl2N4O2. The van der Waals surface area contributed by atoms with E-state index < -0.39 is 4.92 Å². The molecule has 0 spiro atoms. The lowest BCUT2D eigenvalue weighted by molar-refractivity contribution is -0.384. The fourth-order valence-corrected chi connectivity index (χ4v) is 2.84. The molecule has 0 saturated carbocycles. The van der Waals surface area contributed by atoms with Crippen LogP contribution in [0, 0.1) is 10.1 Å². The minimum absolute atomic E-state index is 0.000512. The van der Waals surface area contributed by atoms with Crippen LogP contribution in [0.3, 0.4) is 0 Å². The van der Waals surface area contributed by atoms with E-state index in [0.717, 1.165) is 5.56 Å². The van der Waals surface area contributed by atoms with Crippen LogP contribution in [0.4, 0.5) is 11.4 Å². The zero-order valence-electron chi connectivity index (χ0n) is 11.2. The van der Waals surface area contributed by atoms with Gasteiger partial charge in [0.1, 0.15) is 6.04 Å². The van der Waals surface area contributed by atoms with E-state index in [1.807, 2.05) is 6.07 Å². The number of nitro groups is 1. The number of non-ortho nitro benzene ring substituents is 1. The second-order valence-corrected chi connectivity index (χ2v) is 5.56. The molecule has 2 aromatic carbocycles. The fourth-order valence-electron chi connectivity index (χ4n) is 2.30. The second kappa shape index (κ2) is 5.90. The Hall–Kier alpha value is -2.18. The van der Waals surface area contributed by atoms with Gasteiger partial charge in [0.05, 0.1) is 17.2 Å². The normalized spacial score (nSPS) is 17.0. The summed E-state index contributed by atoms with van der Waals surface area (Å²) in [5.74, 6) is 0. The lowest BCUT2D eigenvalue weighted by atomic mass is 10.1. The number of rotatable bonds is 3. The van der Waals surface area contributed by atoms with Crippen molar-refractivity contribution in [3.63, 3.8) is 0 Å². The molecule has 0 aromatic heterocycles. The van der Waals surface area contributed by atoms with Crippen molar-refractivity contribution in [2.75, 3.05) is 11.6 Å². The molecule has 0 N–H and O–H groups in total. The van der Waals surface area contributed by atoms with Gasteiger partial charge in [-0.05, 0) is 23.8 Å². The summed E-state index contributed by atoms with van der Waals surface area (Å²) in [6.07, 6.45) is 0. The molecule has 0 saturated heterocycles. The Balaban J connectivity index is 1.98. The first kappa shape index (κ1) is 14.7. The Kier molecular flexibility index (Phi) is 3.96. The number of anilines is 1. The van der Waals surface area contributed by atoms with Crippen molar-refractivity contribution in [2.45, 2.75) is 6.04 Å². The molecule has 0 bridgehead atoms. The SMILES string of the molecule is O=[N+]([O-])c1cccc(N2N=NCC2c2ccc(Cl)cc2Cl)c1. The van der Waals surface area contributed by atoms with Gasteiger partial charge in [-0.3, -0.25) is 10.1 Å². The van der Waals surface area contributed by atoms with Gasteiger partial charge in [-0.1, -0.05) is 40.6 Å². The number of benzene rings is 2. The first-order valence-corrected chi connectivity index (χ1v) is 7.18. The van der Waals surface area contributed by atoms with E-state index in [1.165, 1.54) is 12.1 Å². The van der Waals surface area contributed by atoms with Gasteiger partial charge < -0.3 is 0 Å². The van der Waals surface area contributed by atoms with Crippen LogP contribution in [-0.4, -0.2) is 11.5 Å². The highest BCUT2D eigenvalue weighted by atomic mass is 35.5. The third-order valence-corrected chi connectivity index (χ3v) is 3.90. The quantitative estimate of drug-likeness (QED) is 0.595. The van der Waals surface area contributed by atoms with Gasteiger partial charge in [0, 0.05) is 22.2 Å². The van der Waals surface area contributed by atoms with Crippen molar-refractivity contribution in [3.05, 3.63) is 68.2 Å². The maximum atomic E-state index is 10.9. The van der Waals surface area contributed by atoms with Gasteiger partial charge >= 0.3 is 0 Å². The van der Waals surface area contributed by atoms with Crippen LogP contribution in [-0.2, 0) is 0 Å². The van der Waals surface area contributed by atoms with E-state index in [0.29, 0.717) is 22.3 Å². The number of nitrogens with zero attached hydrogens (tertiary/aromatic N) is 4. The summed E-state index contributed by atoms with van der Waals surface area (Å²) in [4.78, 5) is 10.5. The highest BCUT2D eigenvalue weighted by Gasteiger charge is 2.28. The molecule has 0 amide bonds. The molecule has 0 radical (unpaired) electrons. The van der Waals surface area contributed by atoms with Gasteiger partial charge in [-0.2, -0.15) is 5.11 Å². The summed E-state index contributed by atoms with van der Waals surface area (Å²) in [5, 5.41) is 21.7. The average Bonchev–Trinajstić information content (AvgIpc) is 2.96. The van der Waals surface area contributed by atoms with Gasteiger partial charge in [-0.25, -0.2) is 5.01 Å². The standard InChI is InChI=1S/C14H10Cl2N4O2/c15-9-4-5-12(13(16)6-9)14-8-17-18-19(14)10-2-1-3-11(7-10)20(21)22/h1-7,14H,8H2. The molecule has 6 nitrogen and oxygen atoms in total. The number of hydrogen-bond acceptors (Lipinski definition) is 5. The van der Waals surface area contributed by atoms with Crippen LogP contribution in [0.15, 0.2) is 52.8 Å². The Labute approximate surface area is 136 Å². The maximum Gasteiger partial charge on any atom is 0.271 e. The minimum Gasteiger partial charge on any atom is -0.258 e. The highest BCUT2D eigenvalue weighted by Crippen LogP contribution is 2.37. The predicted molar refractivity (Wildman–Crippen MR) is 84.5 cm³/mol. The van der Waals surface area contributed by atoms with E-state index in [9.17, 15) is 10.1 Å². The van der Waals surface area contributed by atoms with Gasteiger partial charge in [-0.15, -0.1) is 0 Å². The van der Waals surface area contributed by atoms with Crippen LogP contribution in [0.2, 0.25) is 10.0 Å². The summed E-state index contributed by atoms with van der Waals surface area (Å²) in [6, 6.07) is 11.2. The van der Waals surface area contributed by atoms with Crippen molar-refractivity contribution < 1.29 is 4.92 Å². The Morgan fingerprint density at radius 3 is 2.77 bits per heavy atom. The zero-order valence-corrected chi connectivity index (χ0v) is 12.7. The average molecular weight is 337 g/mol. The fraction of sp³-hybridized carbons (Fsp3) is 0.143. The van der Waals surface area contributed by atoms with Crippen molar-refractivity contribution in [3.8, 4) is 0 Å². The Morgan fingerprint density at radius 1 is 1.23 bits per heavy atom. The van der Waals surface area contributed by atoms with Crippen molar-refractivity contribution in [1.82, 2.24) is 0 Å². The maximum absolute atomic E-state index is 10.9. The van der Waals surface area contributed by atoms with Gasteiger partial charge in [0.2, 0.25) is 0 Å². The van der Waals surface area contributed by atoms with E-state index in [4.69, 9.17) is 23.2 Å². The predicted octanol–water partition coefficient (Wildman–Crippen LogP) is 4.83. The van der Waals surface area contributed by atoms with Crippen molar-refractivity contribution in [2.24, 2.45) is 10.3 Å². The summed E-state index contributed by atoms with van der Waals surface area (Å²) in [7, 11) is 0. The smallest absolute Gasteiger partial charge is 0.258 e. The summed E-state index contributed by atoms with van der Waals surface area (Å²) < 4.78 is 0. The molecule has 1 aliphatic heterocycles. The van der Waals surface area contributed by atoms with E-state index in [-0.39, 0.29) is 11.7 Å². The van der Waals surface area contributed by atoms with Crippen LogP contribution < -0.4 is 5.01 Å². The number of nitro benzene ring substituents is 1. The first-order valence-electron chi connectivity index (χ1n) is 6.42. The molecule has 1 unspecified atom stereocenters. The van der Waals surface area contributed by atoms with Gasteiger partial charge in [0.25, 0.3) is 5.69 Å². The molecule has 1 aliphatic rings. The molecule has 2 aromatic rings. The lowest BCUT2D eigenvalue weighted by Crippen LogP contribution is -2.21. The third-order valence-electron chi connectivity index (χ3n) is 3.34. The van der Waals surface area contributed by atoms with E-state index >= 15 is 0 Å². The van der Waals surface area contributed by atoms with Crippen molar-refractivity contribution >= 4 is 34.6 Å². The Bertz CT molecular complexity index is 766. The largest absolute Gasteiger partial charge is 0.271 e. The monoisotopic (exact) mass is 336 g/mol. The van der Waals surface area contributed by atoms with Crippen LogP contribution in [0.25, 0.3) is 0 Å². The molecule has 1 atom stereocenters. The van der Waals surface area contributed by atoms with Gasteiger partial charge in [0.15, 0.2) is 0 Å². The lowest BCUT2D eigenvalue weighted by Gasteiger charge is -2.22. The second-order valence-electron chi connectivity index (χ2n) is 4.72. The zero-order chi connectivity index (χ0) is 15.7. The highest BCUT2D eigenvalue weighted by molar-refractivity contribution is 6.35. The summed E-state index contributed by atoms with van der Waals surface area (Å²) >= 11 is 12.2. The molecule has 112 valence electrons.